The Bertz CT molecular complexity index is 138. The van der Waals surface area contributed by atoms with Gasteiger partial charge in [-0.3, -0.25) is 0 Å². The van der Waals surface area contributed by atoms with Crippen molar-refractivity contribution >= 4 is 15.8 Å². The van der Waals surface area contributed by atoms with Gasteiger partial charge < -0.3 is 28.7 Å². The van der Waals surface area contributed by atoms with Crippen molar-refractivity contribution in [2.75, 3.05) is 0 Å². The van der Waals surface area contributed by atoms with E-state index in [-0.39, 0.29) is 75.4 Å². The standard InChI is InChI=1S/2FH2O3P.4Li/c2*1-5(2,3)4;;;;/h2*(H2,2,3,4);;;;/q;;4*+1/p-4. The quantitative estimate of drug-likeness (QED) is 0.296. The minimum absolute atomic E-state index is 0. The molecule has 0 aromatic rings. The second kappa shape index (κ2) is 15.5. The van der Waals surface area contributed by atoms with Gasteiger partial charge in [0.2, 0.25) is 0 Å². The molecule has 0 aliphatic heterocycles. The molecule has 0 aliphatic rings. The molecule has 0 aliphatic carbocycles. The molecular formula is F2Li4O6P2. The van der Waals surface area contributed by atoms with Crippen LogP contribution in [0.5, 0.6) is 0 Å². The smallest absolute Gasteiger partial charge is 0.786 e. The van der Waals surface area contributed by atoms with E-state index < -0.39 is 15.8 Å². The van der Waals surface area contributed by atoms with Crippen molar-refractivity contribution in [2.24, 2.45) is 0 Å². The SMILES string of the molecule is O=P([O-])([O-])F.O=P([O-])([O-])F.[Li+].[Li+].[Li+].[Li+]. The van der Waals surface area contributed by atoms with Crippen molar-refractivity contribution in [3.63, 3.8) is 0 Å². The van der Waals surface area contributed by atoms with E-state index in [4.69, 9.17) is 28.7 Å². The van der Waals surface area contributed by atoms with Crippen LogP contribution in [0.4, 0.5) is 8.39 Å². The van der Waals surface area contributed by atoms with Crippen LogP contribution in [-0.2, 0) is 9.13 Å². The van der Waals surface area contributed by atoms with Crippen molar-refractivity contribution in [3.05, 3.63) is 0 Å². The van der Waals surface area contributed by atoms with E-state index in [0.717, 1.165) is 0 Å². The van der Waals surface area contributed by atoms with Crippen LogP contribution in [0.1, 0.15) is 0 Å². The van der Waals surface area contributed by atoms with Gasteiger partial charge in [-0.25, -0.2) is 8.39 Å². The fraction of sp³-hybridized carbons (Fsp3) is 0. The summed E-state index contributed by atoms with van der Waals surface area (Å²) in [5, 5.41) is 0. The van der Waals surface area contributed by atoms with Crippen LogP contribution in [0.3, 0.4) is 0 Å². The third-order valence-electron chi connectivity index (χ3n) is 0. The first-order chi connectivity index (χ1) is 4.00. The van der Waals surface area contributed by atoms with E-state index in [0.29, 0.717) is 0 Å². The minimum atomic E-state index is -5.64. The number of rotatable bonds is 0. The molecule has 0 spiro atoms. The Morgan fingerprint density at radius 2 is 0.643 bits per heavy atom. The molecular weight excluding hydrogens is 224 g/mol. The first-order valence-corrected chi connectivity index (χ1v) is 4.30. The number of halogens is 2. The van der Waals surface area contributed by atoms with E-state index in [1.165, 1.54) is 0 Å². The van der Waals surface area contributed by atoms with Crippen molar-refractivity contribution < 1.29 is 113 Å². The fourth-order valence-electron chi connectivity index (χ4n) is 0. The molecule has 0 saturated carbocycles. The molecule has 0 heterocycles. The third kappa shape index (κ3) is 411. The fourth-order valence-corrected chi connectivity index (χ4v) is 0. The third-order valence-corrected chi connectivity index (χ3v) is 0. The summed E-state index contributed by atoms with van der Waals surface area (Å²) in [6.45, 7) is 0. The summed E-state index contributed by atoms with van der Waals surface area (Å²) in [6.07, 6.45) is 0. The van der Waals surface area contributed by atoms with Crippen LogP contribution in [0.25, 0.3) is 0 Å². The van der Waals surface area contributed by atoms with Gasteiger partial charge in [-0.1, -0.05) is 0 Å². The summed E-state index contributed by atoms with van der Waals surface area (Å²) < 4.78 is 37.1. The van der Waals surface area contributed by atoms with Gasteiger partial charge >= 0.3 is 75.4 Å². The molecule has 0 N–H and O–H groups in total. The Morgan fingerprint density at radius 1 is 0.643 bits per heavy atom. The van der Waals surface area contributed by atoms with Gasteiger partial charge in [-0.05, 0) is 0 Å². The van der Waals surface area contributed by atoms with Gasteiger partial charge in [0.1, 0.15) is 15.8 Å². The maximum atomic E-state index is 10.1. The van der Waals surface area contributed by atoms with E-state index >= 15 is 0 Å². The van der Waals surface area contributed by atoms with Crippen molar-refractivity contribution in [3.8, 4) is 0 Å². The summed E-state index contributed by atoms with van der Waals surface area (Å²) in [5.74, 6) is 0. The minimum Gasteiger partial charge on any atom is -0.786 e. The molecule has 0 bridgehead atoms. The summed E-state index contributed by atoms with van der Waals surface area (Å²) in [5.41, 5.74) is 0. The molecule has 14 heavy (non-hydrogen) atoms. The van der Waals surface area contributed by atoms with Gasteiger partial charge in [-0.2, -0.15) is 0 Å². The Hall–Kier alpha value is 2.55. The zero-order chi connectivity index (χ0) is 9.00. The molecule has 0 fully saturated rings. The van der Waals surface area contributed by atoms with Gasteiger partial charge in [0.15, 0.2) is 0 Å². The van der Waals surface area contributed by atoms with Crippen LogP contribution < -0.4 is 95.0 Å². The van der Waals surface area contributed by atoms with Crippen LogP contribution >= 0.6 is 15.8 Å². The second-order valence-electron chi connectivity index (χ2n) is 0.861. The predicted molar refractivity (Wildman–Crippen MR) is 17.4 cm³/mol. The van der Waals surface area contributed by atoms with Crippen LogP contribution in [0.2, 0.25) is 0 Å². The monoisotopic (exact) mass is 224 g/mol. The van der Waals surface area contributed by atoms with E-state index in [9.17, 15) is 8.39 Å². The van der Waals surface area contributed by atoms with E-state index in [1.54, 1.807) is 0 Å². The Balaban J connectivity index is -0.0000000178. The molecule has 0 rings (SSSR count). The van der Waals surface area contributed by atoms with Crippen LogP contribution in [0, 0.1) is 0 Å². The zero-order valence-electron chi connectivity index (χ0n) is 8.10. The van der Waals surface area contributed by atoms with E-state index in [2.05, 4.69) is 0 Å². The predicted octanol–water partition coefficient (Wildman–Crippen LogP) is -14.4. The Labute approximate surface area is 127 Å². The molecule has 0 aromatic carbocycles. The van der Waals surface area contributed by atoms with Crippen molar-refractivity contribution in [1.29, 1.82) is 0 Å². The molecule has 0 amide bonds. The molecule has 0 aromatic heterocycles. The zero-order valence-corrected chi connectivity index (χ0v) is 9.89. The summed E-state index contributed by atoms with van der Waals surface area (Å²) >= 11 is 0. The van der Waals surface area contributed by atoms with Crippen molar-refractivity contribution in [2.45, 2.75) is 0 Å². The van der Waals surface area contributed by atoms with Gasteiger partial charge in [0.25, 0.3) is 0 Å². The molecule has 0 saturated heterocycles. The second-order valence-corrected chi connectivity index (χ2v) is 2.58. The van der Waals surface area contributed by atoms with Gasteiger partial charge in [0, 0.05) is 0 Å². The normalized spacial score (nSPS) is 8.43. The first kappa shape index (κ1) is 36.0. The van der Waals surface area contributed by atoms with Gasteiger partial charge in [0.05, 0.1) is 0 Å². The maximum absolute atomic E-state index is 10.1. The molecule has 0 atom stereocenters. The van der Waals surface area contributed by atoms with Crippen LogP contribution in [0.15, 0.2) is 0 Å². The molecule has 0 unspecified atom stereocenters. The Kier molecular flexibility index (Phi) is 39.9. The number of hydrogen-bond acceptors (Lipinski definition) is 6. The van der Waals surface area contributed by atoms with Gasteiger partial charge in [-0.15, -0.1) is 0 Å². The summed E-state index contributed by atoms with van der Waals surface area (Å²) in [6, 6.07) is 0. The number of hydrogen-bond donors (Lipinski definition) is 0. The largest absolute Gasteiger partial charge is 1.00 e. The first-order valence-electron chi connectivity index (χ1n) is 1.43. The average molecular weight is 224 g/mol. The van der Waals surface area contributed by atoms with Crippen molar-refractivity contribution in [1.82, 2.24) is 0 Å². The topological polar surface area (TPSA) is 126 Å². The summed E-state index contributed by atoms with van der Waals surface area (Å²) in [4.78, 5) is 33.8. The van der Waals surface area contributed by atoms with E-state index in [1.807, 2.05) is 0 Å². The molecule has 6 nitrogen and oxygen atoms in total. The van der Waals surface area contributed by atoms with Crippen LogP contribution in [-0.4, -0.2) is 0 Å². The summed E-state index contributed by atoms with van der Waals surface area (Å²) in [7, 11) is -11.3. The average Bonchev–Trinajstić information content (AvgIpc) is 1.12. The Morgan fingerprint density at radius 3 is 0.643 bits per heavy atom. The molecule has 14 heteroatoms. The molecule has 64 valence electrons. The maximum Gasteiger partial charge on any atom is 1.00 e. The molecule has 0 radical (unpaired) electrons.